The smallest absolute Gasteiger partial charge is 0.312 e. The van der Waals surface area contributed by atoms with Crippen molar-refractivity contribution in [1.29, 1.82) is 0 Å². The number of primary amides is 1. The first kappa shape index (κ1) is 20.8. The van der Waals surface area contributed by atoms with Crippen LogP contribution in [0.2, 0.25) is 0 Å². The first-order valence-electron chi connectivity index (χ1n) is 9.15. The molecule has 0 aliphatic rings. The molecule has 0 saturated heterocycles. The molecular weight excluding hydrogens is 358 g/mol. The molecule has 0 aliphatic heterocycles. The van der Waals surface area contributed by atoms with Crippen LogP contribution >= 0.6 is 11.8 Å². The molecule has 0 bridgehead atoms. The van der Waals surface area contributed by atoms with Gasteiger partial charge in [0.25, 0.3) is 0 Å². The van der Waals surface area contributed by atoms with Crippen molar-refractivity contribution in [2.75, 3.05) is 11.9 Å². The Bertz CT molecular complexity index is 743. The van der Waals surface area contributed by atoms with E-state index < -0.39 is 6.03 Å². The summed E-state index contributed by atoms with van der Waals surface area (Å²) in [6.45, 7) is 4.87. The number of amides is 3. The molecule has 0 aliphatic carbocycles. The van der Waals surface area contributed by atoms with E-state index in [9.17, 15) is 9.59 Å². The van der Waals surface area contributed by atoms with Gasteiger partial charge in [0.05, 0.1) is 0 Å². The van der Waals surface area contributed by atoms with Crippen molar-refractivity contribution in [2.24, 2.45) is 5.73 Å². The second-order valence-corrected chi connectivity index (χ2v) is 7.79. The molecule has 0 fully saturated rings. The van der Waals surface area contributed by atoms with Crippen molar-refractivity contribution >= 4 is 29.4 Å². The SMILES string of the molecule is CC(C)c1ccc(Sc2ccc(NC(=O)CCCCNC(N)=O)cc2)cc1. The lowest BCUT2D eigenvalue weighted by atomic mass is 10.0. The molecule has 0 aromatic heterocycles. The maximum atomic E-state index is 11.9. The van der Waals surface area contributed by atoms with Crippen molar-refractivity contribution < 1.29 is 9.59 Å². The highest BCUT2D eigenvalue weighted by molar-refractivity contribution is 7.99. The summed E-state index contributed by atoms with van der Waals surface area (Å²) in [7, 11) is 0. The zero-order chi connectivity index (χ0) is 19.6. The number of carbonyl (C=O) groups excluding carboxylic acids is 2. The number of rotatable bonds is 9. The van der Waals surface area contributed by atoms with Gasteiger partial charge in [-0.2, -0.15) is 0 Å². The Labute approximate surface area is 165 Å². The van der Waals surface area contributed by atoms with Crippen LogP contribution in [0.5, 0.6) is 0 Å². The first-order valence-corrected chi connectivity index (χ1v) is 9.96. The molecule has 2 rings (SSSR count). The number of nitrogens with one attached hydrogen (secondary N) is 2. The fourth-order valence-electron chi connectivity index (χ4n) is 2.51. The Morgan fingerprint density at radius 2 is 1.56 bits per heavy atom. The largest absolute Gasteiger partial charge is 0.352 e. The van der Waals surface area contributed by atoms with Crippen LogP contribution in [0.25, 0.3) is 0 Å². The van der Waals surface area contributed by atoms with Crippen LogP contribution in [0.4, 0.5) is 10.5 Å². The standard InChI is InChI=1S/C21H27N3O2S/c1-15(2)16-6-10-18(11-7-16)27-19-12-8-17(9-13-19)24-20(25)5-3-4-14-23-21(22)26/h6-13,15H,3-5,14H2,1-2H3,(H,24,25)(H3,22,23,26). The van der Waals surface area contributed by atoms with Gasteiger partial charge in [-0.05, 0) is 60.7 Å². The molecule has 5 nitrogen and oxygen atoms in total. The normalized spacial score (nSPS) is 10.6. The van der Waals surface area contributed by atoms with Gasteiger partial charge in [-0.1, -0.05) is 37.7 Å². The van der Waals surface area contributed by atoms with Crippen molar-refractivity contribution in [3.8, 4) is 0 Å². The Hall–Kier alpha value is -2.47. The molecule has 0 atom stereocenters. The summed E-state index contributed by atoms with van der Waals surface area (Å²) in [5.41, 5.74) is 7.11. The van der Waals surface area contributed by atoms with Crippen LogP contribution in [0.15, 0.2) is 58.3 Å². The topological polar surface area (TPSA) is 84.2 Å². The monoisotopic (exact) mass is 385 g/mol. The zero-order valence-electron chi connectivity index (χ0n) is 15.8. The van der Waals surface area contributed by atoms with E-state index in [0.29, 0.717) is 25.3 Å². The molecule has 0 heterocycles. The van der Waals surface area contributed by atoms with Crippen LogP contribution in [0, 0.1) is 0 Å². The van der Waals surface area contributed by atoms with Crippen molar-refractivity contribution in [1.82, 2.24) is 5.32 Å². The van der Waals surface area contributed by atoms with E-state index in [1.54, 1.807) is 11.8 Å². The van der Waals surface area contributed by atoms with E-state index in [1.807, 2.05) is 24.3 Å². The summed E-state index contributed by atoms with van der Waals surface area (Å²) in [4.78, 5) is 24.8. The minimum Gasteiger partial charge on any atom is -0.352 e. The number of carbonyl (C=O) groups is 2. The fraction of sp³-hybridized carbons (Fsp3) is 0.333. The van der Waals surface area contributed by atoms with Crippen LogP contribution in [0.1, 0.15) is 44.6 Å². The Morgan fingerprint density at radius 1 is 0.963 bits per heavy atom. The predicted octanol–water partition coefficient (Wildman–Crippen LogP) is 4.74. The summed E-state index contributed by atoms with van der Waals surface area (Å²) in [5.74, 6) is 0.505. The maximum Gasteiger partial charge on any atom is 0.312 e. The van der Waals surface area contributed by atoms with E-state index in [0.717, 1.165) is 17.0 Å². The summed E-state index contributed by atoms with van der Waals surface area (Å²) in [6.07, 6.45) is 1.84. The Morgan fingerprint density at radius 3 is 2.11 bits per heavy atom. The van der Waals surface area contributed by atoms with E-state index >= 15 is 0 Å². The van der Waals surface area contributed by atoms with Gasteiger partial charge in [0.1, 0.15) is 0 Å². The number of benzene rings is 2. The Balaban J connectivity index is 1.77. The second-order valence-electron chi connectivity index (χ2n) is 6.65. The van der Waals surface area contributed by atoms with Crippen molar-refractivity contribution in [2.45, 2.75) is 48.8 Å². The van der Waals surface area contributed by atoms with Crippen LogP contribution in [-0.4, -0.2) is 18.5 Å². The van der Waals surface area contributed by atoms with Crippen molar-refractivity contribution in [3.63, 3.8) is 0 Å². The Kier molecular flexibility index (Phi) is 8.20. The summed E-state index contributed by atoms with van der Waals surface area (Å²) in [5, 5.41) is 5.40. The lowest BCUT2D eigenvalue weighted by Gasteiger charge is -2.08. The first-order chi connectivity index (χ1) is 12.9. The second kappa shape index (κ2) is 10.6. The average molecular weight is 386 g/mol. The third kappa shape index (κ3) is 7.74. The van der Waals surface area contributed by atoms with Crippen LogP contribution in [-0.2, 0) is 4.79 Å². The van der Waals surface area contributed by atoms with E-state index in [-0.39, 0.29) is 5.91 Å². The van der Waals surface area contributed by atoms with Gasteiger partial charge in [-0.15, -0.1) is 0 Å². The van der Waals surface area contributed by atoms with Crippen LogP contribution in [0.3, 0.4) is 0 Å². The van der Waals surface area contributed by atoms with E-state index in [2.05, 4.69) is 48.7 Å². The molecule has 2 aromatic rings. The predicted molar refractivity (Wildman–Crippen MR) is 111 cm³/mol. The quantitative estimate of drug-likeness (QED) is 0.545. The molecule has 0 saturated carbocycles. The van der Waals surface area contributed by atoms with Gasteiger partial charge in [-0.25, -0.2) is 4.79 Å². The molecule has 3 amide bonds. The molecule has 4 N–H and O–H groups in total. The van der Waals surface area contributed by atoms with Crippen molar-refractivity contribution in [3.05, 3.63) is 54.1 Å². The number of anilines is 1. The number of nitrogens with two attached hydrogens (primary N) is 1. The molecule has 6 heteroatoms. The van der Waals surface area contributed by atoms with Gasteiger partial charge in [0, 0.05) is 28.4 Å². The highest BCUT2D eigenvalue weighted by Crippen LogP contribution is 2.29. The lowest BCUT2D eigenvalue weighted by Crippen LogP contribution is -2.30. The third-order valence-electron chi connectivity index (χ3n) is 4.05. The van der Waals surface area contributed by atoms with Crippen LogP contribution < -0.4 is 16.4 Å². The maximum absolute atomic E-state index is 11.9. The molecule has 27 heavy (non-hydrogen) atoms. The number of hydrogen-bond acceptors (Lipinski definition) is 3. The number of unbranched alkanes of at least 4 members (excludes halogenated alkanes) is 1. The molecule has 144 valence electrons. The highest BCUT2D eigenvalue weighted by atomic mass is 32.2. The summed E-state index contributed by atoms with van der Waals surface area (Å²) >= 11 is 1.70. The summed E-state index contributed by atoms with van der Waals surface area (Å²) in [6, 6.07) is 15.9. The number of urea groups is 1. The molecule has 0 unspecified atom stereocenters. The third-order valence-corrected chi connectivity index (χ3v) is 5.07. The van der Waals surface area contributed by atoms with Gasteiger partial charge < -0.3 is 16.4 Å². The highest BCUT2D eigenvalue weighted by Gasteiger charge is 2.04. The van der Waals surface area contributed by atoms with Gasteiger partial charge in [0.15, 0.2) is 0 Å². The summed E-state index contributed by atoms with van der Waals surface area (Å²) < 4.78 is 0. The van der Waals surface area contributed by atoms with E-state index in [4.69, 9.17) is 5.73 Å². The fourth-order valence-corrected chi connectivity index (χ4v) is 3.33. The molecular formula is C21H27N3O2S. The molecule has 0 radical (unpaired) electrons. The molecule has 0 spiro atoms. The van der Waals surface area contributed by atoms with E-state index in [1.165, 1.54) is 10.5 Å². The minimum atomic E-state index is -0.534. The lowest BCUT2D eigenvalue weighted by molar-refractivity contribution is -0.116. The average Bonchev–Trinajstić information content (AvgIpc) is 2.63. The minimum absolute atomic E-state index is 0.0289. The van der Waals surface area contributed by atoms with Gasteiger partial charge >= 0.3 is 6.03 Å². The van der Waals surface area contributed by atoms with Gasteiger partial charge in [0.2, 0.25) is 5.91 Å². The number of hydrogen-bond donors (Lipinski definition) is 3. The van der Waals surface area contributed by atoms with Gasteiger partial charge in [-0.3, -0.25) is 4.79 Å². The zero-order valence-corrected chi connectivity index (χ0v) is 16.6. The molecule has 2 aromatic carbocycles.